The maximum Gasteiger partial charge on any atom is 0.318 e. The molecule has 1 heterocycles. The van der Waals surface area contributed by atoms with E-state index in [1.807, 2.05) is 6.92 Å². The highest BCUT2D eigenvalue weighted by Gasteiger charge is 2.23. The number of furan rings is 1. The highest BCUT2D eigenvalue weighted by Crippen LogP contribution is 2.28. The second-order valence-corrected chi connectivity index (χ2v) is 5.33. The number of carbonyl (C=O) groups excluding carboxylic acids is 1. The van der Waals surface area contributed by atoms with E-state index in [1.165, 1.54) is 18.1 Å². The SMILES string of the molecule is COc1cccc(F)c1[C@@H](C)NC(=O)N(C)[C@H](C)c1ccco1. The van der Waals surface area contributed by atoms with Gasteiger partial charge in [-0.3, -0.25) is 0 Å². The molecule has 1 aromatic heterocycles. The van der Waals surface area contributed by atoms with Gasteiger partial charge in [0.2, 0.25) is 0 Å². The van der Waals surface area contributed by atoms with Crippen LogP contribution in [0.3, 0.4) is 0 Å². The minimum atomic E-state index is -0.537. The van der Waals surface area contributed by atoms with Crippen molar-refractivity contribution in [3.05, 3.63) is 53.7 Å². The summed E-state index contributed by atoms with van der Waals surface area (Å²) in [5.74, 6) is 0.664. The summed E-state index contributed by atoms with van der Waals surface area (Å²) >= 11 is 0. The molecule has 5 nitrogen and oxygen atoms in total. The fraction of sp³-hybridized carbons (Fsp3) is 0.353. The molecule has 1 aromatic carbocycles. The van der Waals surface area contributed by atoms with Crippen molar-refractivity contribution in [1.29, 1.82) is 0 Å². The first-order chi connectivity index (χ1) is 11.0. The van der Waals surface area contributed by atoms with Crippen molar-refractivity contribution < 1.29 is 18.3 Å². The van der Waals surface area contributed by atoms with Crippen LogP contribution >= 0.6 is 0 Å². The van der Waals surface area contributed by atoms with Crippen LogP contribution in [-0.4, -0.2) is 25.1 Å². The first kappa shape index (κ1) is 16.9. The van der Waals surface area contributed by atoms with Crippen molar-refractivity contribution >= 4 is 6.03 Å². The Labute approximate surface area is 135 Å². The molecular weight excluding hydrogens is 299 g/mol. The molecule has 0 spiro atoms. The van der Waals surface area contributed by atoms with Gasteiger partial charge in [0.25, 0.3) is 0 Å². The Morgan fingerprint density at radius 3 is 2.65 bits per heavy atom. The highest BCUT2D eigenvalue weighted by molar-refractivity contribution is 5.75. The molecule has 1 N–H and O–H groups in total. The van der Waals surface area contributed by atoms with Crippen molar-refractivity contribution in [2.45, 2.75) is 25.9 Å². The molecule has 2 aromatic rings. The van der Waals surface area contributed by atoms with Crippen LogP contribution in [-0.2, 0) is 0 Å². The van der Waals surface area contributed by atoms with Crippen LogP contribution in [0.2, 0.25) is 0 Å². The van der Waals surface area contributed by atoms with Crippen LogP contribution < -0.4 is 10.1 Å². The number of nitrogens with one attached hydrogen (secondary N) is 1. The zero-order valence-corrected chi connectivity index (χ0v) is 13.7. The van der Waals surface area contributed by atoms with E-state index in [0.29, 0.717) is 17.1 Å². The van der Waals surface area contributed by atoms with Crippen LogP contribution in [0.25, 0.3) is 0 Å². The summed E-state index contributed by atoms with van der Waals surface area (Å²) in [6.45, 7) is 3.57. The summed E-state index contributed by atoms with van der Waals surface area (Å²) in [6, 6.07) is 7.04. The molecule has 23 heavy (non-hydrogen) atoms. The molecule has 0 fully saturated rings. The van der Waals surface area contributed by atoms with Gasteiger partial charge in [-0.05, 0) is 38.1 Å². The van der Waals surface area contributed by atoms with Crippen LogP contribution in [0.15, 0.2) is 41.0 Å². The lowest BCUT2D eigenvalue weighted by atomic mass is 10.1. The fourth-order valence-electron chi connectivity index (χ4n) is 2.37. The molecular formula is C17H21FN2O3. The number of urea groups is 1. The van der Waals surface area contributed by atoms with E-state index in [-0.39, 0.29) is 12.1 Å². The van der Waals surface area contributed by atoms with Crippen LogP contribution in [0.1, 0.15) is 37.3 Å². The molecule has 0 aliphatic rings. The quantitative estimate of drug-likeness (QED) is 0.909. The Balaban J connectivity index is 2.11. The smallest absolute Gasteiger partial charge is 0.318 e. The van der Waals surface area contributed by atoms with Crippen LogP contribution in [0.4, 0.5) is 9.18 Å². The molecule has 6 heteroatoms. The molecule has 2 rings (SSSR count). The van der Waals surface area contributed by atoms with Gasteiger partial charge in [0.1, 0.15) is 17.3 Å². The summed E-state index contributed by atoms with van der Waals surface area (Å²) in [5, 5.41) is 2.78. The number of halogens is 1. The molecule has 2 atom stereocenters. The summed E-state index contributed by atoms with van der Waals surface area (Å²) < 4.78 is 24.5. The fourth-order valence-corrected chi connectivity index (χ4v) is 2.37. The van der Waals surface area contributed by atoms with Crippen molar-refractivity contribution in [3.63, 3.8) is 0 Å². The molecule has 0 unspecified atom stereocenters. The molecule has 0 bridgehead atoms. The van der Waals surface area contributed by atoms with Gasteiger partial charge in [0, 0.05) is 7.05 Å². The van der Waals surface area contributed by atoms with E-state index in [0.717, 1.165) is 0 Å². The van der Waals surface area contributed by atoms with E-state index in [9.17, 15) is 9.18 Å². The average molecular weight is 320 g/mol. The van der Waals surface area contributed by atoms with Gasteiger partial charge in [-0.1, -0.05) is 6.07 Å². The first-order valence-electron chi connectivity index (χ1n) is 7.34. The Kier molecular flexibility index (Phi) is 5.26. The second-order valence-electron chi connectivity index (χ2n) is 5.33. The van der Waals surface area contributed by atoms with Gasteiger partial charge in [-0.2, -0.15) is 0 Å². The van der Waals surface area contributed by atoms with Crippen molar-refractivity contribution in [2.75, 3.05) is 14.2 Å². The third-order valence-corrected chi connectivity index (χ3v) is 3.86. The van der Waals surface area contributed by atoms with Crippen LogP contribution in [0.5, 0.6) is 5.75 Å². The van der Waals surface area contributed by atoms with Gasteiger partial charge in [0.05, 0.1) is 31.0 Å². The standard InChI is InChI=1S/C17H21FN2O3/c1-11(16-13(18)7-5-8-15(16)22-4)19-17(21)20(3)12(2)14-9-6-10-23-14/h5-12H,1-4H3,(H,19,21)/t11-,12-/m1/s1. The summed E-state index contributed by atoms with van der Waals surface area (Å²) in [4.78, 5) is 13.9. The number of hydrogen-bond donors (Lipinski definition) is 1. The van der Waals surface area contributed by atoms with Crippen molar-refractivity contribution in [3.8, 4) is 5.75 Å². The maximum absolute atomic E-state index is 14.1. The zero-order valence-electron chi connectivity index (χ0n) is 13.7. The van der Waals surface area contributed by atoms with Gasteiger partial charge in [-0.25, -0.2) is 9.18 Å². The molecule has 0 radical (unpaired) electrons. The van der Waals surface area contributed by atoms with E-state index >= 15 is 0 Å². The largest absolute Gasteiger partial charge is 0.496 e. The number of rotatable bonds is 5. The maximum atomic E-state index is 14.1. The van der Waals surface area contributed by atoms with E-state index in [4.69, 9.17) is 9.15 Å². The summed E-state index contributed by atoms with van der Waals surface area (Å²) in [6.07, 6.45) is 1.56. The summed E-state index contributed by atoms with van der Waals surface area (Å²) in [5.41, 5.74) is 0.322. The monoisotopic (exact) mass is 320 g/mol. The van der Waals surface area contributed by atoms with E-state index < -0.39 is 11.9 Å². The third-order valence-electron chi connectivity index (χ3n) is 3.86. The highest BCUT2D eigenvalue weighted by atomic mass is 19.1. The number of carbonyl (C=O) groups is 1. The van der Waals surface area contributed by atoms with Gasteiger partial charge < -0.3 is 19.4 Å². The lowest BCUT2D eigenvalue weighted by Gasteiger charge is -2.26. The van der Waals surface area contributed by atoms with Gasteiger partial charge >= 0.3 is 6.03 Å². The number of hydrogen-bond acceptors (Lipinski definition) is 3. The predicted molar refractivity (Wildman–Crippen MR) is 84.8 cm³/mol. The minimum Gasteiger partial charge on any atom is -0.496 e. The molecule has 0 aliphatic carbocycles. The topological polar surface area (TPSA) is 54.7 Å². The molecule has 0 saturated carbocycles. The number of benzene rings is 1. The van der Waals surface area contributed by atoms with Crippen molar-refractivity contribution in [2.24, 2.45) is 0 Å². The molecule has 2 amide bonds. The minimum absolute atomic E-state index is 0.236. The van der Waals surface area contributed by atoms with Crippen LogP contribution in [0, 0.1) is 5.82 Å². The van der Waals surface area contributed by atoms with E-state index in [2.05, 4.69) is 5.32 Å². The average Bonchev–Trinajstić information content (AvgIpc) is 3.07. The van der Waals surface area contributed by atoms with Gasteiger partial charge in [-0.15, -0.1) is 0 Å². The normalized spacial score (nSPS) is 13.3. The molecule has 0 saturated heterocycles. The third kappa shape index (κ3) is 3.64. The number of methoxy groups -OCH3 is 1. The Bertz CT molecular complexity index is 658. The number of amides is 2. The summed E-state index contributed by atoms with van der Waals surface area (Å²) in [7, 11) is 3.13. The Morgan fingerprint density at radius 2 is 2.04 bits per heavy atom. The predicted octanol–water partition coefficient (Wildman–Crippen LogP) is 3.89. The first-order valence-corrected chi connectivity index (χ1v) is 7.34. The lowest BCUT2D eigenvalue weighted by molar-refractivity contribution is 0.184. The Morgan fingerprint density at radius 1 is 1.30 bits per heavy atom. The molecule has 124 valence electrons. The lowest BCUT2D eigenvalue weighted by Crippen LogP contribution is -2.40. The number of nitrogens with zero attached hydrogens (tertiary/aromatic N) is 1. The second kappa shape index (κ2) is 7.17. The zero-order chi connectivity index (χ0) is 17.0. The van der Waals surface area contributed by atoms with E-state index in [1.54, 1.807) is 44.5 Å². The van der Waals surface area contributed by atoms with Gasteiger partial charge in [0.15, 0.2) is 0 Å². The molecule has 0 aliphatic heterocycles. The van der Waals surface area contributed by atoms with Crippen molar-refractivity contribution in [1.82, 2.24) is 10.2 Å². The number of ether oxygens (including phenoxy) is 1. The Hall–Kier alpha value is -2.50.